The lowest BCUT2D eigenvalue weighted by molar-refractivity contribution is -0.167. The SMILES string of the molecule is C[C@]12CC3CC(C1)[C@](CC(=O)O)(Cc1cccc(Cl)c1)C(C3)C2. The first-order valence-corrected chi connectivity index (χ1v) is 9.23. The Kier molecular flexibility index (Phi) is 3.53. The lowest BCUT2D eigenvalue weighted by Gasteiger charge is -2.65. The van der Waals surface area contributed by atoms with Gasteiger partial charge in [-0.05, 0) is 84.8 Å². The lowest BCUT2D eigenvalue weighted by Crippen LogP contribution is -2.57. The summed E-state index contributed by atoms with van der Waals surface area (Å²) in [5.74, 6) is 1.33. The van der Waals surface area contributed by atoms with Gasteiger partial charge in [0.2, 0.25) is 0 Å². The van der Waals surface area contributed by atoms with Gasteiger partial charge in [0.25, 0.3) is 0 Å². The molecule has 2 nitrogen and oxygen atoms in total. The van der Waals surface area contributed by atoms with Crippen LogP contribution in [0.15, 0.2) is 24.3 Å². The van der Waals surface area contributed by atoms with Crippen molar-refractivity contribution in [2.75, 3.05) is 0 Å². The van der Waals surface area contributed by atoms with Crippen molar-refractivity contribution < 1.29 is 9.90 Å². The summed E-state index contributed by atoms with van der Waals surface area (Å²) >= 11 is 6.17. The van der Waals surface area contributed by atoms with E-state index in [1.807, 2.05) is 18.2 Å². The minimum atomic E-state index is -0.635. The van der Waals surface area contributed by atoms with Crippen LogP contribution < -0.4 is 0 Å². The minimum Gasteiger partial charge on any atom is -0.481 e. The van der Waals surface area contributed by atoms with Gasteiger partial charge >= 0.3 is 5.97 Å². The number of hydrogen-bond acceptors (Lipinski definition) is 1. The van der Waals surface area contributed by atoms with E-state index in [-0.39, 0.29) is 5.41 Å². The normalized spacial score (nSPS) is 41.2. The van der Waals surface area contributed by atoms with Crippen molar-refractivity contribution in [1.82, 2.24) is 0 Å². The Hall–Kier alpha value is -1.02. The molecule has 4 fully saturated rings. The lowest BCUT2D eigenvalue weighted by atomic mass is 9.40. The van der Waals surface area contributed by atoms with Gasteiger partial charge in [-0.25, -0.2) is 0 Å². The molecule has 2 unspecified atom stereocenters. The van der Waals surface area contributed by atoms with E-state index in [2.05, 4.69) is 13.0 Å². The van der Waals surface area contributed by atoms with Crippen molar-refractivity contribution in [2.45, 2.75) is 51.9 Å². The fourth-order valence-electron chi connectivity index (χ4n) is 6.53. The van der Waals surface area contributed by atoms with Crippen molar-refractivity contribution in [3.63, 3.8) is 0 Å². The van der Waals surface area contributed by atoms with Gasteiger partial charge in [0.15, 0.2) is 0 Å². The summed E-state index contributed by atoms with van der Waals surface area (Å²) in [5, 5.41) is 10.4. The standard InChI is InChI=1S/C20H25ClO2/c1-19-8-14-5-15(10-19)20(12-18(22)23,16(6-14)11-19)9-13-3-2-4-17(21)7-13/h2-4,7,14-16H,5-6,8-12H2,1H3,(H,22,23)/t14?,15?,16?,19-,20+. The van der Waals surface area contributed by atoms with E-state index in [1.165, 1.54) is 37.7 Å². The molecule has 0 aliphatic heterocycles. The molecule has 0 heterocycles. The van der Waals surface area contributed by atoms with Gasteiger partial charge in [-0.15, -0.1) is 0 Å². The zero-order valence-electron chi connectivity index (χ0n) is 13.7. The van der Waals surface area contributed by atoms with Crippen molar-refractivity contribution in [3.8, 4) is 0 Å². The topological polar surface area (TPSA) is 37.3 Å². The van der Waals surface area contributed by atoms with Crippen LogP contribution in [0.5, 0.6) is 0 Å². The number of halogens is 1. The van der Waals surface area contributed by atoms with Crippen molar-refractivity contribution in [2.24, 2.45) is 28.6 Å². The number of benzene rings is 1. The molecule has 2 atom stereocenters. The molecule has 4 saturated carbocycles. The Labute approximate surface area is 143 Å². The molecule has 3 heteroatoms. The third-order valence-corrected chi connectivity index (χ3v) is 7.26. The number of rotatable bonds is 4. The molecular weight excluding hydrogens is 308 g/mol. The molecular formula is C20H25ClO2. The monoisotopic (exact) mass is 332 g/mol. The summed E-state index contributed by atoms with van der Waals surface area (Å²) in [6.45, 7) is 2.43. The van der Waals surface area contributed by atoms with Crippen LogP contribution in [0.2, 0.25) is 5.02 Å². The molecule has 4 aliphatic carbocycles. The highest BCUT2D eigenvalue weighted by Gasteiger charge is 2.60. The predicted molar refractivity (Wildman–Crippen MR) is 91.5 cm³/mol. The molecule has 124 valence electrons. The first-order chi connectivity index (χ1) is 10.9. The second-order valence-corrected chi connectivity index (χ2v) is 9.20. The molecule has 23 heavy (non-hydrogen) atoms. The van der Waals surface area contributed by atoms with E-state index in [0.29, 0.717) is 23.7 Å². The first kappa shape index (κ1) is 15.5. The zero-order chi connectivity index (χ0) is 16.2. The summed E-state index contributed by atoms with van der Waals surface area (Å²) in [4.78, 5) is 11.7. The van der Waals surface area contributed by atoms with Crippen LogP contribution in [0.25, 0.3) is 0 Å². The number of aliphatic carboxylic acids is 1. The average Bonchev–Trinajstić information content (AvgIpc) is 2.42. The van der Waals surface area contributed by atoms with E-state index in [0.717, 1.165) is 17.4 Å². The van der Waals surface area contributed by atoms with E-state index in [9.17, 15) is 9.90 Å². The molecule has 0 radical (unpaired) electrons. The molecule has 5 rings (SSSR count). The smallest absolute Gasteiger partial charge is 0.303 e. The molecule has 4 aliphatic rings. The fraction of sp³-hybridized carbons (Fsp3) is 0.650. The Morgan fingerprint density at radius 3 is 2.52 bits per heavy atom. The average molecular weight is 333 g/mol. The fourth-order valence-corrected chi connectivity index (χ4v) is 6.74. The molecule has 0 saturated heterocycles. The van der Waals surface area contributed by atoms with Gasteiger partial charge < -0.3 is 5.11 Å². The van der Waals surface area contributed by atoms with Gasteiger partial charge in [0.1, 0.15) is 0 Å². The molecule has 0 amide bonds. The van der Waals surface area contributed by atoms with Crippen LogP contribution >= 0.6 is 11.6 Å². The summed E-state index contributed by atoms with van der Waals surface area (Å²) in [7, 11) is 0. The second kappa shape index (κ2) is 5.24. The molecule has 0 aromatic heterocycles. The molecule has 1 N–H and O–H groups in total. The maximum Gasteiger partial charge on any atom is 0.303 e. The summed E-state index contributed by atoms with van der Waals surface area (Å²) in [5.41, 5.74) is 1.61. The van der Waals surface area contributed by atoms with Crippen LogP contribution in [-0.4, -0.2) is 11.1 Å². The van der Waals surface area contributed by atoms with Gasteiger partial charge in [-0.3, -0.25) is 4.79 Å². The minimum absolute atomic E-state index is 0.0626. The van der Waals surface area contributed by atoms with E-state index < -0.39 is 5.97 Å². The molecule has 4 bridgehead atoms. The molecule has 0 spiro atoms. The Morgan fingerprint density at radius 2 is 1.96 bits per heavy atom. The second-order valence-electron chi connectivity index (χ2n) is 8.76. The van der Waals surface area contributed by atoms with Gasteiger partial charge in [-0.2, -0.15) is 0 Å². The van der Waals surface area contributed by atoms with Gasteiger partial charge in [0.05, 0.1) is 6.42 Å². The highest BCUT2D eigenvalue weighted by atomic mass is 35.5. The van der Waals surface area contributed by atoms with E-state index in [1.54, 1.807) is 0 Å². The third kappa shape index (κ3) is 2.59. The molecule has 1 aromatic rings. The highest BCUT2D eigenvalue weighted by Crippen LogP contribution is 2.68. The Balaban J connectivity index is 1.71. The third-order valence-electron chi connectivity index (χ3n) is 7.02. The quantitative estimate of drug-likeness (QED) is 0.823. The maximum absolute atomic E-state index is 11.7. The summed E-state index contributed by atoms with van der Waals surface area (Å²) < 4.78 is 0. The Bertz CT molecular complexity index is 622. The van der Waals surface area contributed by atoms with Crippen molar-refractivity contribution in [3.05, 3.63) is 34.9 Å². The van der Waals surface area contributed by atoms with E-state index >= 15 is 0 Å². The number of carbonyl (C=O) groups is 1. The number of carboxylic acid groups (broad SMARTS) is 1. The van der Waals surface area contributed by atoms with Crippen molar-refractivity contribution in [1.29, 1.82) is 0 Å². The molecule has 1 aromatic carbocycles. The number of hydrogen-bond donors (Lipinski definition) is 1. The predicted octanol–water partition coefficient (Wildman–Crippen LogP) is 5.19. The largest absolute Gasteiger partial charge is 0.481 e. The van der Waals surface area contributed by atoms with Crippen LogP contribution in [0.4, 0.5) is 0 Å². The van der Waals surface area contributed by atoms with Crippen LogP contribution in [0.3, 0.4) is 0 Å². The zero-order valence-corrected chi connectivity index (χ0v) is 14.5. The Morgan fingerprint density at radius 1 is 1.26 bits per heavy atom. The van der Waals surface area contributed by atoms with Crippen molar-refractivity contribution >= 4 is 17.6 Å². The summed E-state index contributed by atoms with van der Waals surface area (Å²) in [6.07, 6.45) is 7.46. The van der Waals surface area contributed by atoms with E-state index in [4.69, 9.17) is 11.6 Å². The van der Waals surface area contributed by atoms with Crippen LogP contribution in [-0.2, 0) is 11.2 Å². The van der Waals surface area contributed by atoms with Crippen LogP contribution in [0, 0.1) is 28.6 Å². The van der Waals surface area contributed by atoms with Crippen LogP contribution in [0.1, 0.15) is 51.0 Å². The summed E-state index contributed by atoms with van der Waals surface area (Å²) in [6, 6.07) is 8.02. The number of carboxylic acids is 1. The van der Waals surface area contributed by atoms with Gasteiger partial charge in [-0.1, -0.05) is 30.7 Å². The highest BCUT2D eigenvalue weighted by molar-refractivity contribution is 6.30. The first-order valence-electron chi connectivity index (χ1n) is 8.85. The van der Waals surface area contributed by atoms with Gasteiger partial charge in [0, 0.05) is 5.02 Å². The maximum atomic E-state index is 11.7.